The van der Waals surface area contributed by atoms with E-state index in [4.69, 9.17) is 4.74 Å². The minimum atomic E-state index is -4.74. The Kier molecular flexibility index (Phi) is 4.31. The van der Waals surface area contributed by atoms with Crippen molar-refractivity contribution in [2.75, 3.05) is 12.1 Å². The Bertz CT molecular complexity index is 841. The third-order valence-electron chi connectivity index (χ3n) is 3.57. The highest BCUT2D eigenvalue weighted by molar-refractivity contribution is 6.34. The second kappa shape index (κ2) is 6.43. The minimum Gasteiger partial charge on any atom is -0.497 e. The van der Waals surface area contributed by atoms with E-state index < -0.39 is 23.4 Å². The SMILES string of the molecule is COc1ccc(/C=C2\C(=O)N(c3ccccc3)N=C2C(F)(F)F)cc1. The summed E-state index contributed by atoms with van der Waals surface area (Å²) >= 11 is 0. The lowest BCUT2D eigenvalue weighted by molar-refractivity contribution is -0.114. The molecule has 25 heavy (non-hydrogen) atoms. The lowest BCUT2D eigenvalue weighted by atomic mass is 10.1. The van der Waals surface area contributed by atoms with Gasteiger partial charge in [0.25, 0.3) is 5.91 Å². The number of benzene rings is 2. The zero-order valence-electron chi connectivity index (χ0n) is 13.1. The number of hydrogen-bond acceptors (Lipinski definition) is 3. The Balaban J connectivity index is 2.03. The number of carbonyl (C=O) groups excluding carboxylic acids is 1. The summed E-state index contributed by atoms with van der Waals surface area (Å²) < 4.78 is 45.0. The Hall–Kier alpha value is -3.09. The molecule has 0 spiro atoms. The summed E-state index contributed by atoms with van der Waals surface area (Å²) in [6.07, 6.45) is -3.56. The summed E-state index contributed by atoms with van der Waals surface area (Å²) in [6.45, 7) is 0. The predicted octanol–water partition coefficient (Wildman–Crippen LogP) is 4.04. The van der Waals surface area contributed by atoms with Gasteiger partial charge in [0.2, 0.25) is 0 Å². The second-order valence-corrected chi connectivity index (χ2v) is 5.23. The quantitative estimate of drug-likeness (QED) is 0.787. The maximum atomic E-state index is 13.3. The van der Waals surface area contributed by atoms with E-state index in [2.05, 4.69) is 5.10 Å². The molecule has 1 aliphatic heterocycles. The number of hydrazone groups is 1. The summed E-state index contributed by atoms with van der Waals surface area (Å²) in [5.74, 6) is -0.259. The maximum absolute atomic E-state index is 13.3. The van der Waals surface area contributed by atoms with E-state index in [-0.39, 0.29) is 5.69 Å². The molecule has 7 heteroatoms. The number of hydrogen-bond donors (Lipinski definition) is 0. The highest BCUT2D eigenvalue weighted by atomic mass is 19.4. The first kappa shape index (κ1) is 16.8. The number of carbonyl (C=O) groups is 1. The van der Waals surface area contributed by atoms with E-state index in [9.17, 15) is 18.0 Å². The standard InChI is InChI=1S/C18H13F3N2O2/c1-25-14-9-7-12(8-10-14)11-15-16(18(19,20)21)22-23(17(15)24)13-5-3-2-4-6-13/h2-11H,1H3/b15-11-. The van der Waals surface area contributed by atoms with E-state index in [0.29, 0.717) is 11.3 Å². The summed E-state index contributed by atoms with van der Waals surface area (Å²) in [6, 6.07) is 14.3. The molecule has 0 radical (unpaired) electrons. The monoisotopic (exact) mass is 346 g/mol. The second-order valence-electron chi connectivity index (χ2n) is 5.23. The average molecular weight is 346 g/mol. The van der Waals surface area contributed by atoms with Crippen molar-refractivity contribution in [3.63, 3.8) is 0 Å². The van der Waals surface area contributed by atoms with Crippen LogP contribution in [-0.4, -0.2) is 24.9 Å². The number of nitrogens with zero attached hydrogens (tertiary/aromatic N) is 2. The van der Waals surface area contributed by atoms with Crippen LogP contribution in [0.25, 0.3) is 6.08 Å². The highest BCUT2D eigenvalue weighted by Gasteiger charge is 2.46. The number of halogens is 3. The van der Waals surface area contributed by atoms with Crippen LogP contribution >= 0.6 is 0 Å². The fourth-order valence-electron chi connectivity index (χ4n) is 2.37. The Morgan fingerprint density at radius 2 is 1.68 bits per heavy atom. The van der Waals surface area contributed by atoms with Crippen LogP contribution in [-0.2, 0) is 4.79 Å². The molecule has 0 aliphatic carbocycles. The van der Waals surface area contributed by atoms with Gasteiger partial charge >= 0.3 is 6.18 Å². The molecule has 128 valence electrons. The third-order valence-corrected chi connectivity index (χ3v) is 3.57. The highest BCUT2D eigenvalue weighted by Crippen LogP contribution is 2.32. The molecule has 1 amide bonds. The van der Waals surface area contributed by atoms with Crippen molar-refractivity contribution in [1.82, 2.24) is 0 Å². The van der Waals surface area contributed by atoms with Crippen molar-refractivity contribution in [2.24, 2.45) is 5.10 Å². The van der Waals surface area contributed by atoms with Crippen molar-refractivity contribution >= 4 is 23.4 Å². The van der Waals surface area contributed by atoms with Gasteiger partial charge in [0.15, 0.2) is 5.71 Å². The first-order chi connectivity index (χ1) is 11.9. The summed E-state index contributed by atoms with van der Waals surface area (Å²) in [4.78, 5) is 12.5. The van der Waals surface area contributed by atoms with Gasteiger partial charge in [0.05, 0.1) is 18.4 Å². The largest absolute Gasteiger partial charge is 0.497 e. The van der Waals surface area contributed by atoms with Crippen molar-refractivity contribution in [3.8, 4) is 5.75 Å². The molecule has 0 unspecified atom stereocenters. The predicted molar refractivity (Wildman–Crippen MR) is 88.4 cm³/mol. The molecule has 0 N–H and O–H groups in total. The number of amides is 1. The molecular formula is C18H13F3N2O2. The zero-order chi connectivity index (χ0) is 18.0. The average Bonchev–Trinajstić information content (AvgIpc) is 2.93. The van der Waals surface area contributed by atoms with Crippen LogP contribution in [0.4, 0.5) is 18.9 Å². The minimum absolute atomic E-state index is 0.271. The van der Waals surface area contributed by atoms with Crippen LogP contribution in [0.2, 0.25) is 0 Å². The number of methoxy groups -OCH3 is 1. The number of ether oxygens (including phenoxy) is 1. The van der Waals surface area contributed by atoms with E-state index in [1.165, 1.54) is 25.3 Å². The van der Waals surface area contributed by atoms with E-state index in [1.807, 2.05) is 0 Å². The molecule has 4 nitrogen and oxygen atoms in total. The first-order valence-corrected chi connectivity index (χ1v) is 7.31. The van der Waals surface area contributed by atoms with Gasteiger partial charge in [-0.15, -0.1) is 0 Å². The van der Waals surface area contributed by atoms with Gasteiger partial charge in [-0.05, 0) is 35.9 Å². The summed E-state index contributed by atoms with van der Waals surface area (Å²) in [5.41, 5.74) is -0.998. The topological polar surface area (TPSA) is 41.9 Å². The summed E-state index contributed by atoms with van der Waals surface area (Å²) in [7, 11) is 1.49. The van der Waals surface area contributed by atoms with Gasteiger partial charge < -0.3 is 4.74 Å². The Morgan fingerprint density at radius 3 is 2.24 bits per heavy atom. The van der Waals surface area contributed by atoms with Gasteiger partial charge in [0.1, 0.15) is 5.75 Å². The molecule has 0 fully saturated rings. The molecule has 0 aromatic heterocycles. The third kappa shape index (κ3) is 3.40. The fraction of sp³-hybridized carbons (Fsp3) is 0.111. The number of anilines is 1. The smallest absolute Gasteiger partial charge is 0.435 e. The van der Waals surface area contributed by atoms with Crippen LogP contribution in [0.15, 0.2) is 65.3 Å². The molecule has 3 rings (SSSR count). The Labute approximate surface area is 141 Å². The zero-order valence-corrected chi connectivity index (χ0v) is 13.1. The maximum Gasteiger partial charge on any atom is 0.435 e. The van der Waals surface area contributed by atoms with Crippen molar-refractivity contribution < 1.29 is 22.7 Å². The van der Waals surface area contributed by atoms with Gasteiger partial charge in [-0.2, -0.15) is 23.3 Å². The molecule has 0 saturated heterocycles. The number of alkyl halides is 3. The van der Waals surface area contributed by atoms with Gasteiger partial charge in [0, 0.05) is 0 Å². The molecule has 2 aromatic carbocycles. The number of para-hydroxylation sites is 1. The van der Waals surface area contributed by atoms with E-state index >= 15 is 0 Å². The summed E-state index contributed by atoms with van der Waals surface area (Å²) in [5, 5.41) is 4.27. The van der Waals surface area contributed by atoms with Crippen LogP contribution in [0.1, 0.15) is 5.56 Å². The molecule has 1 heterocycles. The van der Waals surface area contributed by atoms with Crippen molar-refractivity contribution in [3.05, 3.63) is 65.7 Å². The molecule has 0 bridgehead atoms. The van der Waals surface area contributed by atoms with Crippen molar-refractivity contribution in [2.45, 2.75) is 6.18 Å². The van der Waals surface area contributed by atoms with E-state index in [1.54, 1.807) is 42.5 Å². The normalized spacial score (nSPS) is 16.3. The molecule has 0 saturated carbocycles. The van der Waals surface area contributed by atoms with Crippen molar-refractivity contribution in [1.29, 1.82) is 0 Å². The lowest BCUT2D eigenvalue weighted by Crippen LogP contribution is -2.25. The van der Waals surface area contributed by atoms with Gasteiger partial charge in [-0.3, -0.25) is 4.79 Å². The number of rotatable bonds is 3. The van der Waals surface area contributed by atoms with Crippen LogP contribution < -0.4 is 9.75 Å². The lowest BCUT2D eigenvalue weighted by Gasteiger charge is -2.10. The van der Waals surface area contributed by atoms with E-state index in [0.717, 1.165) is 5.01 Å². The Morgan fingerprint density at radius 1 is 1.04 bits per heavy atom. The fourth-order valence-corrected chi connectivity index (χ4v) is 2.37. The van der Waals surface area contributed by atoms with Crippen LogP contribution in [0.3, 0.4) is 0 Å². The first-order valence-electron chi connectivity index (χ1n) is 7.31. The van der Waals surface area contributed by atoms with Crippen LogP contribution in [0.5, 0.6) is 5.75 Å². The molecular weight excluding hydrogens is 333 g/mol. The van der Waals surface area contributed by atoms with Gasteiger partial charge in [-0.25, -0.2) is 0 Å². The molecule has 1 aliphatic rings. The molecule has 0 atom stereocenters. The van der Waals surface area contributed by atoms with Crippen LogP contribution in [0, 0.1) is 0 Å². The molecule has 2 aromatic rings. The van der Waals surface area contributed by atoms with Gasteiger partial charge in [-0.1, -0.05) is 30.3 Å².